The van der Waals surface area contributed by atoms with Gasteiger partial charge in [-0.1, -0.05) is 12.5 Å². The van der Waals surface area contributed by atoms with Crippen molar-refractivity contribution in [2.24, 2.45) is 0 Å². The van der Waals surface area contributed by atoms with Crippen LogP contribution in [0.25, 0.3) is 0 Å². The lowest BCUT2D eigenvalue weighted by molar-refractivity contribution is -0.286. The molecule has 1 saturated heterocycles. The van der Waals surface area contributed by atoms with Crippen LogP contribution in [0.2, 0.25) is 0 Å². The number of hydrogen-bond acceptors (Lipinski definition) is 4. The fourth-order valence-corrected chi connectivity index (χ4v) is 3.34. The summed E-state index contributed by atoms with van der Waals surface area (Å²) in [6.07, 6.45) is 0.700. The van der Waals surface area contributed by atoms with Gasteiger partial charge in [-0.25, -0.2) is 0 Å². The van der Waals surface area contributed by atoms with Crippen LogP contribution in [0.15, 0.2) is 18.2 Å². The largest absolute Gasteiger partial charge is 0.586 e. The molecule has 0 saturated carbocycles. The molecule has 2 aliphatic rings. The van der Waals surface area contributed by atoms with Crippen LogP contribution in [0.5, 0.6) is 11.5 Å². The maximum atomic E-state index is 13.1. The van der Waals surface area contributed by atoms with Gasteiger partial charge in [0, 0.05) is 26.1 Å². The molecule has 0 bridgehead atoms. The predicted molar refractivity (Wildman–Crippen MR) is 84.0 cm³/mol. The van der Waals surface area contributed by atoms with Gasteiger partial charge in [-0.15, -0.1) is 8.78 Å². The summed E-state index contributed by atoms with van der Waals surface area (Å²) in [6.45, 7) is 3.81. The van der Waals surface area contributed by atoms with Gasteiger partial charge in [-0.05, 0) is 43.5 Å². The smallest absolute Gasteiger partial charge is 0.395 e. The second-order valence-electron chi connectivity index (χ2n) is 6.34. The molecule has 0 aliphatic carbocycles. The number of nitrogens with zero attached hydrogens (tertiary/aromatic N) is 1. The normalized spacial score (nSPS) is 22.4. The highest BCUT2D eigenvalue weighted by atomic mass is 19.3. The van der Waals surface area contributed by atoms with Crippen LogP contribution in [0.3, 0.4) is 0 Å². The van der Waals surface area contributed by atoms with Gasteiger partial charge in [-0.3, -0.25) is 9.69 Å². The van der Waals surface area contributed by atoms with E-state index in [0.717, 1.165) is 31.4 Å². The summed E-state index contributed by atoms with van der Waals surface area (Å²) in [4.78, 5) is 13.4. The number of hydrogen-bond donors (Lipinski definition) is 1. The van der Waals surface area contributed by atoms with E-state index in [1.807, 2.05) is 0 Å². The Morgan fingerprint density at radius 3 is 2.92 bits per heavy atom. The van der Waals surface area contributed by atoms with E-state index < -0.39 is 6.29 Å². The summed E-state index contributed by atoms with van der Waals surface area (Å²) in [5, 5.41) is 2.83. The Labute approximate surface area is 139 Å². The fourth-order valence-electron chi connectivity index (χ4n) is 3.34. The minimum atomic E-state index is -3.58. The van der Waals surface area contributed by atoms with E-state index in [1.165, 1.54) is 19.4 Å². The third-order valence-electron chi connectivity index (χ3n) is 4.45. The van der Waals surface area contributed by atoms with Gasteiger partial charge in [0.2, 0.25) is 5.91 Å². The number of likely N-dealkylation sites (tertiary alicyclic amines) is 1. The second-order valence-corrected chi connectivity index (χ2v) is 6.34. The maximum Gasteiger partial charge on any atom is 0.586 e. The molecule has 2 aliphatic heterocycles. The molecule has 0 unspecified atom stereocenters. The zero-order valence-electron chi connectivity index (χ0n) is 13.7. The average Bonchev–Trinajstić information content (AvgIpc) is 2.82. The molecule has 1 aromatic rings. The Balaban J connectivity index is 1.62. The van der Waals surface area contributed by atoms with Gasteiger partial charge < -0.3 is 14.8 Å². The number of alkyl halides is 2. The first-order valence-corrected chi connectivity index (χ1v) is 8.30. The van der Waals surface area contributed by atoms with E-state index in [9.17, 15) is 13.6 Å². The quantitative estimate of drug-likeness (QED) is 0.895. The fraction of sp³-hybridized carbons (Fsp3) is 0.588. The molecular formula is C17H22F2N2O3. The van der Waals surface area contributed by atoms with Crippen molar-refractivity contribution in [3.05, 3.63) is 23.8 Å². The van der Waals surface area contributed by atoms with Crippen molar-refractivity contribution in [3.8, 4) is 11.5 Å². The standard InChI is InChI=1S/C17H22F2N2O3/c1-12(22)20-8-7-14-4-2-3-9-21(14)11-13-5-6-15-16(10-13)24-17(18,19)23-15/h5-6,10,14H,2-4,7-9,11H2,1H3,(H,20,22)/t14-/m0/s1. The third-order valence-corrected chi connectivity index (χ3v) is 4.45. The number of carbonyl (C=O) groups is 1. The van der Waals surface area contributed by atoms with E-state index >= 15 is 0 Å². The number of piperidine rings is 1. The van der Waals surface area contributed by atoms with Crippen molar-refractivity contribution in [3.63, 3.8) is 0 Å². The highest BCUT2D eigenvalue weighted by Crippen LogP contribution is 2.41. The van der Waals surface area contributed by atoms with E-state index in [0.29, 0.717) is 19.1 Å². The monoisotopic (exact) mass is 340 g/mol. The maximum absolute atomic E-state index is 13.1. The Kier molecular flexibility index (Phi) is 4.89. The summed E-state index contributed by atoms with van der Waals surface area (Å²) in [6, 6.07) is 5.33. The van der Waals surface area contributed by atoms with Crippen molar-refractivity contribution in [1.82, 2.24) is 10.2 Å². The molecule has 1 N–H and O–H groups in total. The molecular weight excluding hydrogens is 318 g/mol. The number of rotatable bonds is 5. The highest BCUT2D eigenvalue weighted by Gasteiger charge is 2.43. The Bertz CT molecular complexity index is 609. The van der Waals surface area contributed by atoms with Gasteiger partial charge in [0.25, 0.3) is 0 Å². The Morgan fingerprint density at radius 1 is 1.33 bits per heavy atom. The number of benzene rings is 1. The zero-order chi connectivity index (χ0) is 17.2. The Morgan fingerprint density at radius 2 is 2.12 bits per heavy atom. The van der Waals surface area contributed by atoms with Crippen molar-refractivity contribution < 1.29 is 23.0 Å². The van der Waals surface area contributed by atoms with Crippen LogP contribution < -0.4 is 14.8 Å². The molecule has 0 spiro atoms. The number of amides is 1. The van der Waals surface area contributed by atoms with Crippen LogP contribution in [-0.2, 0) is 11.3 Å². The van der Waals surface area contributed by atoms with E-state index in [-0.39, 0.29) is 17.4 Å². The van der Waals surface area contributed by atoms with Gasteiger partial charge in [0.05, 0.1) is 0 Å². The number of halogens is 2. The van der Waals surface area contributed by atoms with E-state index in [1.54, 1.807) is 12.1 Å². The van der Waals surface area contributed by atoms with E-state index in [4.69, 9.17) is 0 Å². The molecule has 3 rings (SSSR count). The summed E-state index contributed by atoms with van der Waals surface area (Å²) < 4.78 is 35.2. The first kappa shape index (κ1) is 17.0. The molecule has 0 aromatic heterocycles. The lowest BCUT2D eigenvalue weighted by Crippen LogP contribution is -2.41. The summed E-state index contributed by atoms with van der Waals surface area (Å²) >= 11 is 0. The SMILES string of the molecule is CC(=O)NCC[C@@H]1CCCCN1Cc1ccc2c(c1)OC(F)(F)O2. The lowest BCUT2D eigenvalue weighted by atomic mass is 9.98. The molecule has 5 nitrogen and oxygen atoms in total. The Hall–Kier alpha value is -1.89. The molecule has 1 amide bonds. The van der Waals surface area contributed by atoms with Crippen LogP contribution in [-0.4, -0.2) is 36.2 Å². The van der Waals surface area contributed by atoms with Crippen molar-refractivity contribution in [2.45, 2.75) is 51.5 Å². The zero-order valence-corrected chi connectivity index (χ0v) is 13.7. The van der Waals surface area contributed by atoms with Gasteiger partial charge >= 0.3 is 6.29 Å². The first-order chi connectivity index (χ1) is 11.4. The molecule has 1 fully saturated rings. The van der Waals surface area contributed by atoms with Gasteiger partial charge in [0.15, 0.2) is 11.5 Å². The highest BCUT2D eigenvalue weighted by molar-refractivity contribution is 5.72. The van der Waals surface area contributed by atoms with Crippen molar-refractivity contribution >= 4 is 5.91 Å². The van der Waals surface area contributed by atoms with E-state index in [2.05, 4.69) is 19.7 Å². The first-order valence-electron chi connectivity index (χ1n) is 8.30. The lowest BCUT2D eigenvalue weighted by Gasteiger charge is -2.36. The van der Waals surface area contributed by atoms with Crippen molar-refractivity contribution in [2.75, 3.05) is 13.1 Å². The molecule has 1 atom stereocenters. The number of nitrogens with one attached hydrogen (secondary N) is 1. The minimum Gasteiger partial charge on any atom is -0.395 e. The topological polar surface area (TPSA) is 50.8 Å². The van der Waals surface area contributed by atoms with Crippen molar-refractivity contribution in [1.29, 1.82) is 0 Å². The van der Waals surface area contributed by atoms with Gasteiger partial charge in [-0.2, -0.15) is 0 Å². The molecule has 0 radical (unpaired) electrons. The van der Waals surface area contributed by atoms with Crippen LogP contribution >= 0.6 is 0 Å². The van der Waals surface area contributed by atoms with Crippen LogP contribution in [0.1, 0.15) is 38.2 Å². The van der Waals surface area contributed by atoms with Gasteiger partial charge in [0.1, 0.15) is 0 Å². The predicted octanol–water partition coefficient (Wildman–Crippen LogP) is 2.89. The summed E-state index contributed by atoms with van der Waals surface area (Å²) in [5.41, 5.74) is 0.918. The number of fused-ring (bicyclic) bond motifs is 1. The summed E-state index contributed by atoms with van der Waals surface area (Å²) in [5.74, 6) is 0.142. The van der Waals surface area contributed by atoms with Crippen LogP contribution in [0.4, 0.5) is 8.78 Å². The third kappa shape index (κ3) is 4.14. The minimum absolute atomic E-state index is 0.0194. The molecule has 2 heterocycles. The molecule has 7 heteroatoms. The molecule has 132 valence electrons. The second kappa shape index (κ2) is 6.93. The van der Waals surface area contributed by atoms with Crippen LogP contribution in [0, 0.1) is 0 Å². The average molecular weight is 340 g/mol. The number of ether oxygens (including phenoxy) is 2. The summed E-state index contributed by atoms with van der Waals surface area (Å²) in [7, 11) is 0. The molecule has 24 heavy (non-hydrogen) atoms. The molecule has 1 aromatic carbocycles. The number of carbonyl (C=O) groups excluding carboxylic acids is 1.